The zero-order chi connectivity index (χ0) is 12.3. The van der Waals surface area contributed by atoms with Gasteiger partial charge in [-0.15, -0.1) is 0 Å². The molecule has 1 aliphatic heterocycles. The maximum absolute atomic E-state index is 13.5. The second-order valence-electron chi connectivity index (χ2n) is 4.33. The predicted octanol–water partition coefficient (Wildman–Crippen LogP) is -1.16. The van der Waals surface area contributed by atoms with Crippen molar-refractivity contribution in [2.75, 3.05) is 19.7 Å². The molecule has 0 aromatic heterocycles. The molecule has 1 aliphatic rings. The van der Waals surface area contributed by atoms with Gasteiger partial charge in [0.25, 0.3) is 0 Å². The van der Waals surface area contributed by atoms with E-state index in [-0.39, 0.29) is 6.61 Å². The molecule has 1 rings (SSSR count). The SMILES string of the molecule is CCCCN1CC(O)(F)[C@H](O)[C@H](O)C1CO. The quantitative estimate of drug-likeness (QED) is 0.496. The molecule has 0 radical (unpaired) electrons. The Kier molecular flexibility index (Phi) is 4.63. The number of aliphatic hydroxyl groups is 4. The molecule has 0 aromatic carbocycles. The lowest BCUT2D eigenvalue weighted by Gasteiger charge is -2.45. The van der Waals surface area contributed by atoms with Crippen molar-refractivity contribution in [3.8, 4) is 0 Å². The van der Waals surface area contributed by atoms with Crippen molar-refractivity contribution in [3.63, 3.8) is 0 Å². The molecule has 5 nitrogen and oxygen atoms in total. The van der Waals surface area contributed by atoms with E-state index in [1.54, 1.807) is 0 Å². The van der Waals surface area contributed by atoms with Crippen LogP contribution in [0.1, 0.15) is 19.8 Å². The summed E-state index contributed by atoms with van der Waals surface area (Å²) in [6.07, 6.45) is -1.69. The summed E-state index contributed by atoms with van der Waals surface area (Å²) in [5, 5.41) is 37.3. The van der Waals surface area contributed by atoms with Gasteiger partial charge in [-0.25, -0.2) is 4.39 Å². The Hall–Kier alpha value is -0.270. The average Bonchev–Trinajstić information content (AvgIpc) is 2.23. The summed E-state index contributed by atoms with van der Waals surface area (Å²) in [7, 11) is 0. The molecule has 16 heavy (non-hydrogen) atoms. The molecule has 1 heterocycles. The Morgan fingerprint density at radius 3 is 2.56 bits per heavy atom. The van der Waals surface area contributed by atoms with E-state index >= 15 is 0 Å². The lowest BCUT2D eigenvalue weighted by Crippen LogP contribution is -2.67. The first kappa shape index (κ1) is 13.8. The Morgan fingerprint density at radius 2 is 2.06 bits per heavy atom. The molecule has 2 unspecified atom stereocenters. The van der Waals surface area contributed by atoms with Gasteiger partial charge >= 0.3 is 0 Å². The number of nitrogens with zero attached hydrogens (tertiary/aromatic N) is 1. The van der Waals surface area contributed by atoms with Crippen molar-refractivity contribution in [1.29, 1.82) is 0 Å². The predicted molar refractivity (Wildman–Crippen MR) is 55.4 cm³/mol. The third kappa shape index (κ3) is 2.70. The second-order valence-corrected chi connectivity index (χ2v) is 4.33. The second kappa shape index (κ2) is 5.37. The van der Waals surface area contributed by atoms with Crippen molar-refractivity contribution < 1.29 is 24.8 Å². The van der Waals surface area contributed by atoms with E-state index in [2.05, 4.69) is 0 Å². The first-order valence-corrected chi connectivity index (χ1v) is 5.56. The summed E-state index contributed by atoms with van der Waals surface area (Å²) in [6, 6.07) is -0.724. The number of piperidine rings is 1. The molecule has 0 aromatic rings. The molecular weight excluding hydrogens is 217 g/mol. The highest BCUT2D eigenvalue weighted by atomic mass is 19.2. The first-order chi connectivity index (χ1) is 7.44. The number of rotatable bonds is 4. The topological polar surface area (TPSA) is 84.2 Å². The summed E-state index contributed by atoms with van der Waals surface area (Å²) in [5.74, 6) is -2.82. The van der Waals surface area contributed by atoms with Crippen LogP contribution in [0.5, 0.6) is 0 Å². The van der Waals surface area contributed by atoms with Gasteiger partial charge in [0.05, 0.1) is 19.2 Å². The van der Waals surface area contributed by atoms with E-state index in [1.165, 1.54) is 4.90 Å². The largest absolute Gasteiger partial charge is 0.395 e. The van der Waals surface area contributed by atoms with Gasteiger partial charge in [-0.3, -0.25) is 4.90 Å². The molecule has 1 fully saturated rings. The third-order valence-corrected chi connectivity index (χ3v) is 3.05. The molecular formula is C10H20FNO4. The number of hydrogen-bond acceptors (Lipinski definition) is 5. The summed E-state index contributed by atoms with van der Waals surface area (Å²) in [5.41, 5.74) is 0. The van der Waals surface area contributed by atoms with Gasteiger partial charge in [0, 0.05) is 0 Å². The van der Waals surface area contributed by atoms with Crippen molar-refractivity contribution in [3.05, 3.63) is 0 Å². The first-order valence-electron chi connectivity index (χ1n) is 5.56. The van der Waals surface area contributed by atoms with Crippen LogP contribution >= 0.6 is 0 Å². The number of β-amino-alcohol motifs (C(OH)–C–C–N with tert-alkyl or cyclic N) is 1. The molecule has 0 saturated carbocycles. The molecule has 0 amide bonds. The summed E-state index contributed by atoms with van der Waals surface area (Å²) >= 11 is 0. The summed E-state index contributed by atoms with van der Waals surface area (Å²) in [6.45, 7) is 1.66. The van der Waals surface area contributed by atoms with Crippen LogP contribution in [0.15, 0.2) is 0 Å². The van der Waals surface area contributed by atoms with Crippen LogP contribution in [0.2, 0.25) is 0 Å². The van der Waals surface area contributed by atoms with Crippen molar-refractivity contribution >= 4 is 0 Å². The van der Waals surface area contributed by atoms with Crippen LogP contribution in [0.4, 0.5) is 4.39 Å². The van der Waals surface area contributed by atoms with Crippen LogP contribution in [-0.4, -0.2) is 69.1 Å². The summed E-state index contributed by atoms with van der Waals surface area (Å²) < 4.78 is 13.5. The zero-order valence-electron chi connectivity index (χ0n) is 9.38. The van der Waals surface area contributed by atoms with E-state index in [1.807, 2.05) is 6.92 Å². The number of hydrogen-bond donors (Lipinski definition) is 4. The molecule has 4 atom stereocenters. The average molecular weight is 237 g/mol. The minimum absolute atomic E-state index is 0.377. The van der Waals surface area contributed by atoms with E-state index in [9.17, 15) is 19.7 Å². The Labute approximate surface area is 94.1 Å². The maximum Gasteiger partial charge on any atom is 0.248 e. The molecule has 1 saturated heterocycles. The number of unbranched alkanes of at least 4 members (excludes halogenated alkanes) is 1. The van der Waals surface area contributed by atoms with E-state index < -0.39 is 30.6 Å². The molecule has 6 heteroatoms. The van der Waals surface area contributed by atoms with Gasteiger partial charge < -0.3 is 20.4 Å². The molecule has 96 valence electrons. The van der Waals surface area contributed by atoms with Gasteiger partial charge in [-0.1, -0.05) is 13.3 Å². The Morgan fingerprint density at radius 1 is 1.44 bits per heavy atom. The summed E-state index contributed by atoms with van der Waals surface area (Å²) in [4.78, 5) is 1.47. The molecule has 0 aliphatic carbocycles. The van der Waals surface area contributed by atoms with Gasteiger partial charge in [0.1, 0.15) is 12.2 Å². The Bertz CT molecular complexity index is 227. The van der Waals surface area contributed by atoms with Crippen LogP contribution in [0, 0.1) is 0 Å². The fourth-order valence-electron chi connectivity index (χ4n) is 2.01. The fraction of sp³-hybridized carbons (Fsp3) is 1.00. The third-order valence-electron chi connectivity index (χ3n) is 3.05. The normalized spacial score (nSPS) is 41.2. The van der Waals surface area contributed by atoms with Gasteiger partial charge in [-0.05, 0) is 13.0 Å². The van der Waals surface area contributed by atoms with Crippen LogP contribution in [0.25, 0.3) is 0 Å². The lowest BCUT2D eigenvalue weighted by atomic mass is 9.92. The highest BCUT2D eigenvalue weighted by molar-refractivity contribution is 4.98. The van der Waals surface area contributed by atoms with Gasteiger partial charge in [0.15, 0.2) is 0 Å². The molecule has 4 N–H and O–H groups in total. The van der Waals surface area contributed by atoms with Gasteiger partial charge in [0.2, 0.25) is 5.85 Å². The minimum atomic E-state index is -2.82. The molecule has 0 bridgehead atoms. The standard InChI is InChI=1S/C10H20FNO4/c1-2-3-4-12-6-10(11,16)9(15)8(14)7(12)5-13/h7-9,13-16H,2-6H2,1H3/t7?,8-,9-,10?/m1/s1. The molecule has 0 spiro atoms. The van der Waals surface area contributed by atoms with Crippen LogP contribution in [-0.2, 0) is 0 Å². The highest BCUT2D eigenvalue weighted by Crippen LogP contribution is 2.27. The smallest absolute Gasteiger partial charge is 0.248 e. The zero-order valence-corrected chi connectivity index (χ0v) is 9.38. The van der Waals surface area contributed by atoms with E-state index in [0.717, 1.165) is 12.8 Å². The maximum atomic E-state index is 13.5. The fourth-order valence-corrected chi connectivity index (χ4v) is 2.01. The van der Waals surface area contributed by atoms with Crippen molar-refractivity contribution in [1.82, 2.24) is 4.90 Å². The number of alkyl halides is 1. The Balaban J connectivity index is 2.74. The number of likely N-dealkylation sites (tertiary alicyclic amines) is 1. The van der Waals surface area contributed by atoms with Crippen molar-refractivity contribution in [2.45, 2.75) is 43.9 Å². The van der Waals surface area contributed by atoms with Gasteiger partial charge in [-0.2, -0.15) is 0 Å². The van der Waals surface area contributed by atoms with Crippen molar-refractivity contribution in [2.24, 2.45) is 0 Å². The number of aliphatic hydroxyl groups excluding tert-OH is 3. The van der Waals surface area contributed by atoms with E-state index in [0.29, 0.717) is 6.54 Å². The highest BCUT2D eigenvalue weighted by Gasteiger charge is 2.51. The van der Waals surface area contributed by atoms with E-state index in [4.69, 9.17) is 5.11 Å². The number of halogens is 1. The minimum Gasteiger partial charge on any atom is -0.395 e. The van der Waals surface area contributed by atoms with Crippen LogP contribution in [0.3, 0.4) is 0 Å². The monoisotopic (exact) mass is 237 g/mol. The van der Waals surface area contributed by atoms with Crippen LogP contribution < -0.4 is 0 Å². The lowest BCUT2D eigenvalue weighted by molar-refractivity contribution is -0.251.